The Morgan fingerprint density at radius 3 is 3.04 bits per heavy atom. The highest BCUT2D eigenvalue weighted by Gasteiger charge is 2.35. The molecule has 1 aromatic carbocycles. The molecule has 0 aliphatic carbocycles. The number of likely N-dealkylation sites (tertiary alicyclic amines) is 1. The molecule has 0 unspecified atom stereocenters. The van der Waals surface area contributed by atoms with Gasteiger partial charge >= 0.3 is 0 Å². The Hall–Kier alpha value is -2.87. The maximum atomic E-state index is 12.7. The van der Waals surface area contributed by atoms with Crippen LogP contribution in [0.5, 0.6) is 5.75 Å². The van der Waals surface area contributed by atoms with Crippen LogP contribution < -0.4 is 10.1 Å². The molecule has 134 valence electrons. The topological polar surface area (TPSA) is 84.7 Å². The molecular formula is C18H17N3O4S. The summed E-state index contributed by atoms with van der Waals surface area (Å²) in [4.78, 5) is 31.2. The molecule has 8 heteroatoms. The number of ether oxygens (including phenoxy) is 1. The van der Waals surface area contributed by atoms with Crippen molar-refractivity contribution in [3.05, 3.63) is 42.4 Å². The van der Waals surface area contributed by atoms with Crippen molar-refractivity contribution in [2.24, 2.45) is 0 Å². The van der Waals surface area contributed by atoms with E-state index in [9.17, 15) is 9.59 Å². The highest BCUT2D eigenvalue weighted by Crippen LogP contribution is 2.30. The number of carbonyl (C=O) groups is 2. The fourth-order valence-electron chi connectivity index (χ4n) is 3.10. The van der Waals surface area contributed by atoms with E-state index in [-0.39, 0.29) is 17.6 Å². The van der Waals surface area contributed by atoms with Gasteiger partial charge in [0, 0.05) is 6.54 Å². The first-order valence-corrected chi connectivity index (χ1v) is 9.07. The van der Waals surface area contributed by atoms with Crippen LogP contribution in [0.3, 0.4) is 0 Å². The number of hydrogen-bond acceptors (Lipinski definition) is 6. The molecule has 1 aliphatic heterocycles. The summed E-state index contributed by atoms with van der Waals surface area (Å²) < 4.78 is 11.3. The molecule has 2 amide bonds. The van der Waals surface area contributed by atoms with Crippen molar-refractivity contribution in [2.75, 3.05) is 19.0 Å². The zero-order valence-corrected chi connectivity index (χ0v) is 14.9. The lowest BCUT2D eigenvalue weighted by molar-refractivity contribution is -0.119. The number of benzene rings is 1. The molecule has 0 spiro atoms. The van der Waals surface area contributed by atoms with Crippen LogP contribution in [0.1, 0.15) is 23.4 Å². The number of hydrogen-bond donors (Lipinski definition) is 1. The van der Waals surface area contributed by atoms with Gasteiger partial charge in [-0.15, -0.1) is 0 Å². The monoisotopic (exact) mass is 371 g/mol. The number of rotatable bonds is 4. The highest BCUT2D eigenvalue weighted by molar-refractivity contribution is 7.22. The molecule has 1 fully saturated rings. The van der Waals surface area contributed by atoms with Crippen molar-refractivity contribution in [3.63, 3.8) is 0 Å². The second-order valence-electron chi connectivity index (χ2n) is 5.98. The van der Waals surface area contributed by atoms with E-state index in [0.29, 0.717) is 18.1 Å². The highest BCUT2D eigenvalue weighted by atomic mass is 32.1. The van der Waals surface area contributed by atoms with Gasteiger partial charge in [0.1, 0.15) is 11.8 Å². The summed E-state index contributed by atoms with van der Waals surface area (Å²) in [5.74, 6) is 0.497. The Morgan fingerprint density at radius 1 is 1.38 bits per heavy atom. The molecule has 4 rings (SSSR count). The van der Waals surface area contributed by atoms with Crippen LogP contribution in [0.25, 0.3) is 10.2 Å². The molecule has 7 nitrogen and oxygen atoms in total. The van der Waals surface area contributed by atoms with Gasteiger partial charge in [-0.3, -0.25) is 9.59 Å². The van der Waals surface area contributed by atoms with Crippen LogP contribution in [0.2, 0.25) is 0 Å². The van der Waals surface area contributed by atoms with Crippen molar-refractivity contribution in [3.8, 4) is 5.75 Å². The lowest BCUT2D eigenvalue weighted by Gasteiger charge is -2.22. The minimum Gasteiger partial charge on any atom is -0.497 e. The predicted octanol–water partition coefficient (Wildman–Crippen LogP) is 3.14. The first-order valence-electron chi connectivity index (χ1n) is 8.25. The zero-order valence-electron chi connectivity index (χ0n) is 14.1. The number of fused-ring (bicyclic) bond motifs is 1. The number of nitrogens with zero attached hydrogens (tertiary/aromatic N) is 2. The van der Waals surface area contributed by atoms with Crippen molar-refractivity contribution in [2.45, 2.75) is 18.9 Å². The lowest BCUT2D eigenvalue weighted by Crippen LogP contribution is -2.43. The third-order valence-corrected chi connectivity index (χ3v) is 5.31. The van der Waals surface area contributed by atoms with E-state index in [1.165, 1.54) is 17.6 Å². The van der Waals surface area contributed by atoms with E-state index in [2.05, 4.69) is 10.3 Å². The number of carbonyl (C=O) groups excluding carboxylic acids is 2. The minimum atomic E-state index is -0.519. The van der Waals surface area contributed by atoms with Gasteiger partial charge in [-0.25, -0.2) is 4.98 Å². The summed E-state index contributed by atoms with van der Waals surface area (Å²) >= 11 is 1.38. The van der Waals surface area contributed by atoms with Gasteiger partial charge in [-0.2, -0.15) is 0 Å². The van der Waals surface area contributed by atoms with Gasteiger partial charge in [-0.05, 0) is 43.2 Å². The first-order chi connectivity index (χ1) is 12.7. The Balaban J connectivity index is 1.51. The summed E-state index contributed by atoms with van der Waals surface area (Å²) in [6.45, 7) is 0.536. The van der Waals surface area contributed by atoms with Crippen LogP contribution in [0, 0.1) is 0 Å². The van der Waals surface area contributed by atoms with Crippen molar-refractivity contribution in [1.82, 2.24) is 9.88 Å². The molecule has 0 bridgehead atoms. The number of anilines is 1. The summed E-state index contributed by atoms with van der Waals surface area (Å²) in [6.07, 6.45) is 2.85. The van der Waals surface area contributed by atoms with E-state index in [4.69, 9.17) is 9.15 Å². The Morgan fingerprint density at radius 2 is 2.27 bits per heavy atom. The minimum absolute atomic E-state index is 0.228. The van der Waals surface area contributed by atoms with E-state index in [1.807, 2.05) is 18.2 Å². The number of amides is 2. The SMILES string of the molecule is COc1ccc2nc(NC(=O)[C@@H]3CCCN3C(=O)c3ccco3)sc2c1. The molecule has 1 aliphatic rings. The van der Waals surface area contributed by atoms with E-state index < -0.39 is 6.04 Å². The summed E-state index contributed by atoms with van der Waals surface area (Å²) in [7, 11) is 1.61. The Labute approximate surface area is 153 Å². The predicted molar refractivity (Wildman–Crippen MR) is 97.6 cm³/mol. The van der Waals surface area contributed by atoms with Crippen LogP contribution >= 0.6 is 11.3 Å². The standard InChI is InChI=1S/C18H17N3O4S/c1-24-11-6-7-12-15(10-11)26-18(19-12)20-16(22)13-4-2-8-21(13)17(23)14-5-3-9-25-14/h3,5-7,9-10,13H,2,4,8H2,1H3,(H,19,20,22)/t13-/m0/s1. The van der Waals surface area contributed by atoms with Gasteiger partial charge < -0.3 is 19.4 Å². The molecule has 26 heavy (non-hydrogen) atoms. The van der Waals surface area contributed by atoms with Crippen molar-refractivity contribution >= 4 is 38.5 Å². The molecule has 0 radical (unpaired) electrons. The molecule has 1 N–H and O–H groups in total. The number of methoxy groups -OCH3 is 1. The van der Waals surface area contributed by atoms with Crippen LogP contribution in [0.15, 0.2) is 41.0 Å². The van der Waals surface area contributed by atoms with Gasteiger partial charge in [0.15, 0.2) is 10.9 Å². The van der Waals surface area contributed by atoms with Crippen molar-refractivity contribution < 1.29 is 18.7 Å². The third kappa shape index (κ3) is 3.03. The molecule has 0 saturated carbocycles. The molecule has 1 atom stereocenters. The van der Waals surface area contributed by atoms with Crippen molar-refractivity contribution in [1.29, 1.82) is 0 Å². The molecular weight excluding hydrogens is 354 g/mol. The average Bonchev–Trinajstić information content (AvgIpc) is 3.39. The summed E-state index contributed by atoms with van der Waals surface area (Å²) in [5.41, 5.74) is 0.793. The van der Waals surface area contributed by atoms with Crippen LogP contribution in [-0.2, 0) is 4.79 Å². The van der Waals surface area contributed by atoms with Gasteiger partial charge in [0.2, 0.25) is 5.91 Å². The normalized spacial score (nSPS) is 16.8. The van der Waals surface area contributed by atoms with E-state index >= 15 is 0 Å². The van der Waals surface area contributed by atoms with Gasteiger partial charge in [-0.1, -0.05) is 11.3 Å². The smallest absolute Gasteiger partial charge is 0.290 e. The molecule has 1 saturated heterocycles. The third-order valence-electron chi connectivity index (χ3n) is 4.37. The maximum Gasteiger partial charge on any atom is 0.290 e. The zero-order chi connectivity index (χ0) is 18.1. The lowest BCUT2D eigenvalue weighted by atomic mass is 10.2. The second-order valence-corrected chi connectivity index (χ2v) is 7.01. The average molecular weight is 371 g/mol. The van der Waals surface area contributed by atoms with Gasteiger partial charge in [0.05, 0.1) is 23.6 Å². The maximum absolute atomic E-state index is 12.7. The number of furan rings is 1. The number of aromatic nitrogens is 1. The second kappa shape index (κ2) is 6.80. The van der Waals surface area contributed by atoms with Crippen LogP contribution in [-0.4, -0.2) is 41.4 Å². The van der Waals surface area contributed by atoms with Gasteiger partial charge in [0.25, 0.3) is 5.91 Å². The first kappa shape index (κ1) is 16.6. The molecule has 2 aromatic heterocycles. The summed E-state index contributed by atoms with van der Waals surface area (Å²) in [5, 5.41) is 3.35. The number of thiazole rings is 1. The largest absolute Gasteiger partial charge is 0.497 e. The quantitative estimate of drug-likeness (QED) is 0.762. The fourth-order valence-corrected chi connectivity index (χ4v) is 4.00. The fraction of sp³-hybridized carbons (Fsp3) is 0.278. The van der Waals surface area contributed by atoms with E-state index in [1.54, 1.807) is 24.1 Å². The van der Waals surface area contributed by atoms with Crippen LogP contribution in [0.4, 0.5) is 5.13 Å². The van der Waals surface area contributed by atoms with E-state index in [0.717, 1.165) is 22.4 Å². The Kier molecular flexibility index (Phi) is 4.34. The molecule has 3 aromatic rings. The Bertz CT molecular complexity index is 951. The molecule has 3 heterocycles. The summed E-state index contributed by atoms with van der Waals surface area (Å²) in [6, 6.07) is 8.31. The number of nitrogens with one attached hydrogen (secondary N) is 1.